The normalized spacial score (nSPS) is 15.5. The fourth-order valence-corrected chi connectivity index (χ4v) is 6.73. The van der Waals surface area contributed by atoms with Crippen molar-refractivity contribution in [2.75, 3.05) is 24.6 Å². The van der Waals surface area contributed by atoms with Crippen molar-refractivity contribution in [3.63, 3.8) is 0 Å². The van der Waals surface area contributed by atoms with Crippen LogP contribution in [0.4, 0.5) is 11.4 Å². The topological polar surface area (TPSA) is 84.0 Å². The second-order valence-electron chi connectivity index (χ2n) is 7.98. The summed E-state index contributed by atoms with van der Waals surface area (Å²) >= 11 is 1.58. The number of benzene rings is 3. The van der Waals surface area contributed by atoms with E-state index in [1.807, 2.05) is 48.5 Å². The molecule has 7 nitrogen and oxygen atoms in total. The van der Waals surface area contributed by atoms with Gasteiger partial charge in [0.05, 0.1) is 21.8 Å². The number of fused-ring (bicyclic) bond motifs is 2. The quantitative estimate of drug-likeness (QED) is 0.487. The molecule has 0 atom stereocenters. The van der Waals surface area contributed by atoms with Crippen LogP contribution in [0.25, 0.3) is 0 Å². The van der Waals surface area contributed by atoms with Crippen LogP contribution in [0.15, 0.2) is 87.5 Å². The van der Waals surface area contributed by atoms with Crippen LogP contribution in [0, 0.1) is 0 Å². The van der Waals surface area contributed by atoms with Gasteiger partial charge in [0.25, 0.3) is 5.91 Å². The van der Waals surface area contributed by atoms with Gasteiger partial charge in [-0.25, -0.2) is 13.2 Å². The number of para-hydroxylation sites is 2. The highest BCUT2D eigenvalue weighted by molar-refractivity contribution is 7.99. The molecule has 0 radical (unpaired) electrons. The average Bonchev–Trinajstić information content (AvgIpc) is 3.42. The molecule has 0 spiro atoms. The smallest absolute Gasteiger partial charge is 0.338 e. The van der Waals surface area contributed by atoms with Crippen molar-refractivity contribution >= 4 is 45.0 Å². The SMILES string of the molecule is O=C(OCC(=O)N1c2ccccc2Sc2ccccc21)c1cccc(S(=O)(=O)N2CCCC2)c1. The largest absolute Gasteiger partial charge is 0.452 e. The summed E-state index contributed by atoms with van der Waals surface area (Å²) in [6.07, 6.45) is 1.65. The number of hydrogen-bond acceptors (Lipinski definition) is 6. The first-order chi connectivity index (χ1) is 16.4. The van der Waals surface area contributed by atoms with Crippen LogP contribution < -0.4 is 4.90 Å². The molecule has 1 amide bonds. The molecule has 0 saturated carbocycles. The van der Waals surface area contributed by atoms with Gasteiger partial charge >= 0.3 is 5.97 Å². The van der Waals surface area contributed by atoms with Gasteiger partial charge in [0.15, 0.2) is 6.61 Å². The van der Waals surface area contributed by atoms with Crippen LogP contribution in [0.1, 0.15) is 23.2 Å². The highest BCUT2D eigenvalue weighted by Gasteiger charge is 2.30. The zero-order valence-corrected chi connectivity index (χ0v) is 19.8. The predicted molar refractivity (Wildman–Crippen MR) is 129 cm³/mol. The second kappa shape index (κ2) is 9.25. The van der Waals surface area contributed by atoms with E-state index < -0.39 is 28.5 Å². The molecule has 0 unspecified atom stereocenters. The average molecular weight is 495 g/mol. The minimum atomic E-state index is -3.66. The molecule has 2 aliphatic heterocycles. The number of anilines is 2. The fraction of sp³-hybridized carbons (Fsp3) is 0.200. The Kier molecular flexibility index (Phi) is 6.16. The number of sulfonamides is 1. The monoisotopic (exact) mass is 494 g/mol. The number of esters is 1. The van der Waals surface area contributed by atoms with E-state index in [0.717, 1.165) is 34.0 Å². The summed E-state index contributed by atoms with van der Waals surface area (Å²) in [4.78, 5) is 29.4. The third-order valence-corrected chi connectivity index (χ3v) is 8.81. The van der Waals surface area contributed by atoms with Crippen LogP contribution in [0.5, 0.6) is 0 Å². The first-order valence-electron chi connectivity index (χ1n) is 10.9. The van der Waals surface area contributed by atoms with Gasteiger partial charge in [-0.1, -0.05) is 42.1 Å². The lowest BCUT2D eigenvalue weighted by Gasteiger charge is -2.30. The number of nitrogens with zero attached hydrogens (tertiary/aromatic N) is 2. The molecule has 0 aromatic heterocycles. The van der Waals surface area contributed by atoms with Gasteiger partial charge in [0.2, 0.25) is 10.0 Å². The summed E-state index contributed by atoms with van der Waals surface area (Å²) in [7, 11) is -3.66. The van der Waals surface area contributed by atoms with Crippen LogP contribution in [0.3, 0.4) is 0 Å². The molecule has 1 fully saturated rings. The van der Waals surface area contributed by atoms with Gasteiger partial charge in [-0.05, 0) is 55.3 Å². The Bertz CT molecular complexity index is 1320. The molecule has 1 saturated heterocycles. The molecule has 3 aromatic rings. The van der Waals surface area contributed by atoms with E-state index in [9.17, 15) is 18.0 Å². The van der Waals surface area contributed by atoms with Gasteiger partial charge in [-0.15, -0.1) is 0 Å². The van der Waals surface area contributed by atoms with Gasteiger partial charge in [0, 0.05) is 22.9 Å². The molecule has 34 heavy (non-hydrogen) atoms. The Hall–Kier alpha value is -3.14. The van der Waals surface area contributed by atoms with Crippen molar-refractivity contribution in [1.82, 2.24) is 4.31 Å². The Labute approximate surface area is 202 Å². The molecule has 9 heteroatoms. The van der Waals surface area contributed by atoms with Crippen molar-refractivity contribution in [3.05, 3.63) is 78.4 Å². The Morgan fingerprint density at radius 1 is 0.853 bits per heavy atom. The highest BCUT2D eigenvalue weighted by atomic mass is 32.2. The molecule has 0 aliphatic carbocycles. The number of hydrogen-bond donors (Lipinski definition) is 0. The molecular formula is C25H22N2O5S2. The molecular weight excluding hydrogens is 472 g/mol. The van der Waals surface area contributed by atoms with Crippen molar-refractivity contribution < 1.29 is 22.7 Å². The van der Waals surface area contributed by atoms with E-state index >= 15 is 0 Å². The van der Waals surface area contributed by atoms with Crippen molar-refractivity contribution in [2.45, 2.75) is 27.5 Å². The van der Waals surface area contributed by atoms with Crippen LogP contribution in [0.2, 0.25) is 0 Å². The summed E-state index contributed by atoms with van der Waals surface area (Å²) < 4.78 is 32.4. The molecule has 2 heterocycles. The van der Waals surface area contributed by atoms with Gasteiger partial charge < -0.3 is 4.74 Å². The number of ether oxygens (including phenoxy) is 1. The first-order valence-corrected chi connectivity index (χ1v) is 13.2. The lowest BCUT2D eigenvalue weighted by atomic mass is 10.2. The minimum absolute atomic E-state index is 0.0473. The van der Waals surface area contributed by atoms with Crippen LogP contribution in [-0.2, 0) is 19.6 Å². The molecule has 174 valence electrons. The summed E-state index contributed by atoms with van der Waals surface area (Å²) in [6, 6.07) is 20.9. The first kappa shape index (κ1) is 22.6. The maximum atomic E-state index is 13.2. The van der Waals surface area contributed by atoms with E-state index in [1.165, 1.54) is 28.6 Å². The number of carbonyl (C=O) groups excluding carboxylic acids is 2. The lowest BCUT2D eigenvalue weighted by molar-refractivity contribution is -0.121. The van der Waals surface area contributed by atoms with Crippen molar-refractivity contribution in [1.29, 1.82) is 0 Å². The molecule has 2 aliphatic rings. The third-order valence-electron chi connectivity index (χ3n) is 5.78. The highest BCUT2D eigenvalue weighted by Crippen LogP contribution is 2.47. The summed E-state index contributed by atoms with van der Waals surface area (Å²) in [6.45, 7) is 0.473. The number of amides is 1. The number of carbonyl (C=O) groups is 2. The Morgan fingerprint density at radius 3 is 2.12 bits per heavy atom. The van der Waals surface area contributed by atoms with Gasteiger partial charge in [0.1, 0.15) is 0 Å². The predicted octanol–water partition coefficient (Wildman–Crippen LogP) is 4.46. The van der Waals surface area contributed by atoms with E-state index in [1.54, 1.807) is 16.7 Å². The van der Waals surface area contributed by atoms with Gasteiger partial charge in [-0.2, -0.15) is 4.31 Å². The molecule has 5 rings (SSSR count). The zero-order chi connectivity index (χ0) is 23.7. The maximum absolute atomic E-state index is 13.2. The van der Waals surface area contributed by atoms with Crippen LogP contribution in [-0.4, -0.2) is 44.3 Å². The van der Waals surface area contributed by atoms with E-state index in [-0.39, 0.29) is 10.5 Å². The lowest BCUT2D eigenvalue weighted by Crippen LogP contribution is -2.32. The minimum Gasteiger partial charge on any atom is -0.452 e. The summed E-state index contributed by atoms with van der Waals surface area (Å²) in [5, 5.41) is 0. The fourth-order valence-electron chi connectivity index (χ4n) is 4.11. The molecule has 0 bridgehead atoms. The zero-order valence-electron chi connectivity index (χ0n) is 18.2. The molecule has 0 N–H and O–H groups in total. The number of rotatable bonds is 5. The third kappa shape index (κ3) is 4.22. The summed E-state index contributed by atoms with van der Waals surface area (Å²) in [5.41, 5.74) is 1.54. The van der Waals surface area contributed by atoms with Crippen LogP contribution >= 0.6 is 11.8 Å². The maximum Gasteiger partial charge on any atom is 0.338 e. The van der Waals surface area contributed by atoms with E-state index in [4.69, 9.17) is 4.74 Å². The second-order valence-corrected chi connectivity index (χ2v) is 11.0. The van der Waals surface area contributed by atoms with E-state index in [0.29, 0.717) is 13.1 Å². The van der Waals surface area contributed by atoms with Crippen molar-refractivity contribution in [2.24, 2.45) is 0 Å². The van der Waals surface area contributed by atoms with Gasteiger partial charge in [-0.3, -0.25) is 9.69 Å². The standard InChI is InChI=1S/C25H22N2O5S2/c28-24(27-20-10-1-3-12-22(20)33-23-13-4-2-11-21(23)27)17-32-25(29)18-8-7-9-19(16-18)34(30,31)26-14-5-6-15-26/h1-4,7-13,16H,5-6,14-15,17H2. The van der Waals surface area contributed by atoms with Crippen molar-refractivity contribution in [3.8, 4) is 0 Å². The molecule has 3 aromatic carbocycles. The Morgan fingerprint density at radius 2 is 1.47 bits per heavy atom. The Balaban J connectivity index is 1.34. The van der Waals surface area contributed by atoms with E-state index in [2.05, 4.69) is 0 Å². The summed E-state index contributed by atoms with van der Waals surface area (Å²) in [5.74, 6) is -1.14.